The molecule has 0 amide bonds. The minimum atomic E-state index is 0.00992. The molecule has 0 unspecified atom stereocenters. The van der Waals surface area contributed by atoms with Gasteiger partial charge < -0.3 is 20.8 Å². The topological polar surface area (TPSA) is 114 Å². The van der Waals surface area contributed by atoms with Crippen LogP contribution in [0, 0.1) is 27.3 Å². The molecule has 0 bridgehead atoms. The third-order valence-electron chi connectivity index (χ3n) is 3.18. The quantitative estimate of drug-likeness (QED) is 0.786. The van der Waals surface area contributed by atoms with Crippen LogP contribution in [0.15, 0.2) is 0 Å². The molecule has 98 valence electrons. The Morgan fingerprint density at radius 2 is 2.00 bits per heavy atom. The van der Waals surface area contributed by atoms with Crippen LogP contribution < -0.4 is 11.5 Å². The van der Waals surface area contributed by atoms with Crippen LogP contribution in [-0.4, -0.2) is 17.3 Å². The zero-order chi connectivity index (χ0) is 14.0. The van der Waals surface area contributed by atoms with Gasteiger partial charge in [-0.3, -0.25) is 0 Å². The van der Waals surface area contributed by atoms with Gasteiger partial charge in [0.2, 0.25) is 0 Å². The van der Waals surface area contributed by atoms with Gasteiger partial charge in [0.05, 0.1) is 18.3 Å². The van der Waals surface area contributed by atoms with Gasteiger partial charge in [-0.1, -0.05) is 12.2 Å². The van der Waals surface area contributed by atoms with Crippen LogP contribution >= 0.6 is 12.2 Å². The van der Waals surface area contributed by atoms with Crippen molar-refractivity contribution in [2.24, 2.45) is 0 Å². The van der Waals surface area contributed by atoms with Crippen LogP contribution in [-0.2, 0) is 11.3 Å². The van der Waals surface area contributed by atoms with E-state index >= 15 is 0 Å². The van der Waals surface area contributed by atoms with Crippen molar-refractivity contribution in [1.82, 2.24) is 4.57 Å². The smallest absolute Gasteiger partial charge is 0.127 e. The molecule has 1 aromatic rings. The van der Waals surface area contributed by atoms with Gasteiger partial charge in [-0.25, -0.2) is 0 Å². The van der Waals surface area contributed by atoms with Gasteiger partial charge in [-0.05, 0) is 12.8 Å². The molecule has 0 aromatic carbocycles. The van der Waals surface area contributed by atoms with Gasteiger partial charge in [-0.2, -0.15) is 10.5 Å². The fourth-order valence-electron chi connectivity index (χ4n) is 2.16. The molecule has 1 fully saturated rings. The monoisotopic (exact) mass is 275 g/mol. The number of rotatable bonds is 2. The number of hydrogen-bond acceptors (Lipinski definition) is 6. The van der Waals surface area contributed by atoms with Crippen LogP contribution in [0.4, 0.5) is 11.5 Å². The van der Waals surface area contributed by atoms with Crippen molar-refractivity contribution < 1.29 is 4.74 Å². The molecule has 0 aliphatic carbocycles. The molecule has 4 N–H and O–H groups in total. The predicted molar refractivity (Wildman–Crippen MR) is 72.5 cm³/mol. The van der Waals surface area contributed by atoms with E-state index in [1.54, 1.807) is 4.57 Å². The van der Waals surface area contributed by atoms with Crippen LogP contribution in [0.3, 0.4) is 0 Å². The van der Waals surface area contributed by atoms with Gasteiger partial charge in [0.15, 0.2) is 0 Å². The minimum absolute atomic E-state index is 0.00992. The fraction of sp³-hybridized carbons (Fsp3) is 0.417. The molecule has 1 aliphatic heterocycles. The summed E-state index contributed by atoms with van der Waals surface area (Å²) in [5.41, 5.74) is 11.9. The number of ether oxygens (including phenoxy) is 1. The highest BCUT2D eigenvalue weighted by Crippen LogP contribution is 2.26. The number of nitrogens with two attached hydrogens (primary N) is 2. The summed E-state index contributed by atoms with van der Waals surface area (Å²) in [6.45, 7) is 1.15. The van der Waals surface area contributed by atoms with E-state index < -0.39 is 0 Å². The molecule has 1 atom stereocenters. The second kappa shape index (κ2) is 5.27. The molecule has 1 saturated heterocycles. The van der Waals surface area contributed by atoms with Gasteiger partial charge >= 0.3 is 0 Å². The van der Waals surface area contributed by atoms with Crippen molar-refractivity contribution in [1.29, 1.82) is 10.5 Å². The lowest BCUT2D eigenvalue weighted by Gasteiger charge is -2.18. The summed E-state index contributed by atoms with van der Waals surface area (Å²) in [4.78, 5) is 0. The summed E-state index contributed by atoms with van der Waals surface area (Å²) < 4.78 is 7.35. The molecule has 0 saturated carbocycles. The molecule has 6 nitrogen and oxygen atoms in total. The molecule has 2 rings (SSSR count). The Kier molecular flexibility index (Phi) is 3.70. The van der Waals surface area contributed by atoms with Crippen molar-refractivity contribution in [3.05, 3.63) is 15.8 Å². The highest BCUT2D eigenvalue weighted by atomic mass is 32.1. The van der Waals surface area contributed by atoms with Crippen LogP contribution in [0.1, 0.15) is 24.0 Å². The second-order valence-electron chi connectivity index (χ2n) is 4.32. The van der Waals surface area contributed by atoms with Crippen LogP contribution in [0.5, 0.6) is 0 Å². The summed E-state index contributed by atoms with van der Waals surface area (Å²) >= 11 is 5.22. The second-order valence-corrected chi connectivity index (χ2v) is 4.71. The van der Waals surface area contributed by atoms with E-state index in [4.69, 9.17) is 38.9 Å². The zero-order valence-electron chi connectivity index (χ0n) is 10.2. The molecule has 7 heteroatoms. The summed E-state index contributed by atoms with van der Waals surface area (Å²) in [5.74, 6) is 0.194. The largest absolute Gasteiger partial charge is 0.396 e. The van der Waals surface area contributed by atoms with E-state index in [1.165, 1.54) is 0 Å². The Morgan fingerprint density at radius 3 is 2.53 bits per heavy atom. The van der Waals surface area contributed by atoms with Crippen LogP contribution in [0.2, 0.25) is 0 Å². The van der Waals surface area contributed by atoms with Crippen LogP contribution in [0.25, 0.3) is 0 Å². The number of aromatic nitrogens is 1. The zero-order valence-corrected chi connectivity index (χ0v) is 11.0. The average molecular weight is 275 g/mol. The molecule has 19 heavy (non-hydrogen) atoms. The van der Waals surface area contributed by atoms with Gasteiger partial charge in [0.25, 0.3) is 0 Å². The highest BCUT2D eigenvalue weighted by molar-refractivity contribution is 7.71. The highest BCUT2D eigenvalue weighted by Gasteiger charge is 2.21. The first-order valence-corrected chi connectivity index (χ1v) is 6.24. The summed E-state index contributed by atoms with van der Waals surface area (Å²) in [7, 11) is 0. The maximum absolute atomic E-state index is 9.10. The summed E-state index contributed by atoms with van der Waals surface area (Å²) in [6.07, 6.45) is 1.91. The molecular formula is C12H13N5OS. The Bertz CT molecular complexity index is 646. The third kappa shape index (κ3) is 2.26. The Labute approximate surface area is 115 Å². The van der Waals surface area contributed by atoms with E-state index in [1.807, 2.05) is 12.1 Å². The average Bonchev–Trinajstić information content (AvgIpc) is 2.88. The standard InChI is InChI=1S/C12H13N5OS/c13-4-8-10(15)9(5-14)12(19)17(11(8)16)6-7-2-1-3-18-7/h7H,1-3,6,15-16H2/t7-/m0/s1. The maximum Gasteiger partial charge on any atom is 0.127 e. The van der Waals surface area contributed by atoms with E-state index in [9.17, 15) is 0 Å². The normalized spacial score (nSPS) is 17.9. The molecule has 2 heterocycles. The first-order valence-electron chi connectivity index (χ1n) is 5.83. The number of nitrogen functional groups attached to an aromatic ring is 2. The van der Waals surface area contributed by atoms with Gasteiger partial charge in [-0.15, -0.1) is 0 Å². The summed E-state index contributed by atoms with van der Waals surface area (Å²) in [5, 5.41) is 18.2. The Balaban J connectivity index is 2.57. The molecular weight excluding hydrogens is 262 g/mol. The van der Waals surface area contributed by atoms with Crippen molar-refractivity contribution >= 4 is 23.7 Å². The van der Waals surface area contributed by atoms with Gasteiger partial charge in [0.1, 0.15) is 33.7 Å². The first kappa shape index (κ1) is 13.3. The molecule has 0 spiro atoms. The number of pyridine rings is 1. The Morgan fingerprint density at radius 1 is 1.32 bits per heavy atom. The van der Waals surface area contributed by atoms with E-state index in [-0.39, 0.29) is 33.4 Å². The lowest BCUT2D eigenvalue weighted by atomic mass is 10.1. The van der Waals surface area contributed by atoms with Crippen molar-refractivity contribution in [2.75, 3.05) is 18.1 Å². The minimum Gasteiger partial charge on any atom is -0.396 e. The first-order chi connectivity index (χ1) is 9.10. The third-order valence-corrected chi connectivity index (χ3v) is 3.60. The lowest BCUT2D eigenvalue weighted by Crippen LogP contribution is -2.21. The van der Waals surface area contributed by atoms with E-state index in [0.717, 1.165) is 12.8 Å². The number of hydrogen-bond donors (Lipinski definition) is 2. The van der Waals surface area contributed by atoms with Crippen molar-refractivity contribution in [2.45, 2.75) is 25.5 Å². The lowest BCUT2D eigenvalue weighted by molar-refractivity contribution is 0.0971. The predicted octanol–water partition coefficient (Wildman–Crippen LogP) is 1.30. The van der Waals surface area contributed by atoms with E-state index in [2.05, 4.69) is 0 Å². The number of anilines is 2. The molecule has 1 aliphatic rings. The Hall–Kier alpha value is -2.09. The van der Waals surface area contributed by atoms with E-state index in [0.29, 0.717) is 13.2 Å². The van der Waals surface area contributed by atoms with Crippen molar-refractivity contribution in [3.8, 4) is 12.1 Å². The van der Waals surface area contributed by atoms with Crippen molar-refractivity contribution in [3.63, 3.8) is 0 Å². The maximum atomic E-state index is 9.10. The molecule has 0 radical (unpaired) electrons. The molecule has 1 aromatic heterocycles. The number of nitriles is 2. The van der Waals surface area contributed by atoms with Gasteiger partial charge in [0, 0.05) is 6.61 Å². The SMILES string of the molecule is N#Cc1c(N)c(C#N)c(=S)n(C[C@@H]2CCCO2)c1N. The fourth-order valence-corrected chi connectivity index (χ4v) is 2.48. The summed E-state index contributed by atoms with van der Waals surface area (Å²) in [6, 6.07) is 3.86. The number of nitrogens with zero attached hydrogens (tertiary/aromatic N) is 3.